The molecule has 0 saturated carbocycles. The third-order valence-electron chi connectivity index (χ3n) is 5.76. The third-order valence-corrected chi connectivity index (χ3v) is 5.76. The zero-order chi connectivity index (χ0) is 29.8. The van der Waals surface area contributed by atoms with Gasteiger partial charge in [0.1, 0.15) is 0 Å². The third kappa shape index (κ3) is 6.26. The maximum atomic E-state index is 14.0. The first-order valence-corrected chi connectivity index (χ1v) is 11.7. The van der Waals surface area contributed by atoms with E-state index in [9.17, 15) is 39.5 Å². The van der Waals surface area contributed by atoms with Crippen molar-refractivity contribution >= 4 is 28.4 Å². The molecule has 0 heterocycles. The molecule has 3 rings (SSSR count). The van der Waals surface area contributed by atoms with E-state index in [1.807, 2.05) is 24.3 Å². The van der Waals surface area contributed by atoms with Gasteiger partial charge in [-0.2, -0.15) is 60.0 Å². The second-order valence-electron chi connectivity index (χ2n) is 8.37. The molecule has 214 valence electrons. The highest BCUT2D eigenvalue weighted by Gasteiger charge is 2.82. The van der Waals surface area contributed by atoms with Crippen LogP contribution >= 0.6 is 0 Å². The van der Waals surface area contributed by atoms with Gasteiger partial charge in [0.05, 0.1) is 22.7 Å². The van der Waals surface area contributed by atoms with E-state index < -0.39 is 29.5 Å². The minimum absolute atomic E-state index is 0.151. The van der Waals surface area contributed by atoms with Gasteiger partial charge in [0.25, 0.3) is 0 Å². The average molecular weight is 575 g/mol. The Labute approximate surface area is 223 Å². The SMILES string of the molecule is CCN(CC)c1ccc(N=Nc2ccc(N=Nc3ccc(C(F)(F)C(F)(F)C(F)(F)C(F)(F)F)cc3)cc2)cc1. The van der Waals surface area contributed by atoms with Crippen LogP contribution in [0.15, 0.2) is 93.3 Å². The second kappa shape index (κ2) is 11.6. The molecular weight excluding hydrogens is 553 g/mol. The van der Waals surface area contributed by atoms with Crippen LogP contribution in [0.2, 0.25) is 0 Å². The molecule has 0 atom stereocenters. The van der Waals surface area contributed by atoms with Crippen molar-refractivity contribution in [2.75, 3.05) is 18.0 Å². The monoisotopic (exact) mass is 575 g/mol. The van der Waals surface area contributed by atoms with Gasteiger partial charge in [-0.25, -0.2) is 0 Å². The van der Waals surface area contributed by atoms with Crippen LogP contribution in [0.25, 0.3) is 0 Å². The Morgan fingerprint density at radius 1 is 0.500 bits per heavy atom. The molecule has 0 aliphatic rings. The minimum atomic E-state index is -6.97. The first-order chi connectivity index (χ1) is 18.6. The number of nitrogens with zero attached hydrogens (tertiary/aromatic N) is 5. The normalized spacial score (nSPS) is 13.4. The van der Waals surface area contributed by atoms with Crippen LogP contribution in [0.1, 0.15) is 19.4 Å². The highest BCUT2D eigenvalue weighted by molar-refractivity contribution is 5.53. The van der Waals surface area contributed by atoms with Crippen molar-refractivity contribution in [2.24, 2.45) is 20.5 Å². The van der Waals surface area contributed by atoms with Crippen molar-refractivity contribution in [1.29, 1.82) is 0 Å². The Morgan fingerprint density at radius 2 is 0.825 bits per heavy atom. The highest BCUT2D eigenvalue weighted by Crippen LogP contribution is 2.56. The molecule has 3 aromatic carbocycles. The Kier molecular flexibility index (Phi) is 8.90. The molecular formula is C26H22F9N5. The highest BCUT2D eigenvalue weighted by atomic mass is 19.4. The van der Waals surface area contributed by atoms with Crippen molar-refractivity contribution < 1.29 is 39.5 Å². The van der Waals surface area contributed by atoms with Gasteiger partial charge in [0.15, 0.2) is 0 Å². The molecule has 3 aromatic rings. The zero-order valence-electron chi connectivity index (χ0n) is 21.0. The Bertz CT molecular complexity index is 1310. The van der Waals surface area contributed by atoms with Crippen LogP contribution < -0.4 is 4.90 Å². The molecule has 14 heteroatoms. The van der Waals surface area contributed by atoms with E-state index in [1.165, 1.54) is 12.1 Å². The van der Waals surface area contributed by atoms with Crippen molar-refractivity contribution in [1.82, 2.24) is 0 Å². The Balaban J connectivity index is 1.67. The van der Waals surface area contributed by atoms with Crippen molar-refractivity contribution in [3.63, 3.8) is 0 Å². The van der Waals surface area contributed by atoms with E-state index in [0.717, 1.165) is 30.9 Å². The van der Waals surface area contributed by atoms with Crippen molar-refractivity contribution in [3.8, 4) is 0 Å². The van der Waals surface area contributed by atoms with Gasteiger partial charge in [-0.1, -0.05) is 12.1 Å². The predicted octanol–water partition coefficient (Wildman–Crippen LogP) is 10.3. The van der Waals surface area contributed by atoms with Crippen LogP contribution in [0.3, 0.4) is 0 Å². The van der Waals surface area contributed by atoms with Crippen molar-refractivity contribution in [3.05, 3.63) is 78.4 Å². The summed E-state index contributed by atoms with van der Waals surface area (Å²) in [7, 11) is 0. The summed E-state index contributed by atoms with van der Waals surface area (Å²) in [6, 6.07) is 15.6. The summed E-state index contributed by atoms with van der Waals surface area (Å²) < 4.78 is 118. The minimum Gasteiger partial charge on any atom is -0.372 e. The lowest BCUT2D eigenvalue weighted by Crippen LogP contribution is -2.59. The summed E-state index contributed by atoms with van der Waals surface area (Å²) >= 11 is 0. The van der Waals surface area contributed by atoms with E-state index >= 15 is 0 Å². The number of halogens is 9. The maximum absolute atomic E-state index is 14.0. The smallest absolute Gasteiger partial charge is 0.372 e. The lowest BCUT2D eigenvalue weighted by molar-refractivity contribution is -0.399. The molecule has 0 N–H and O–H groups in total. The Hall–Kier alpha value is -3.97. The fraction of sp³-hybridized carbons (Fsp3) is 0.308. The molecule has 0 unspecified atom stereocenters. The number of azo groups is 2. The number of hydrogen-bond acceptors (Lipinski definition) is 5. The van der Waals surface area contributed by atoms with Gasteiger partial charge in [0.2, 0.25) is 0 Å². The molecule has 0 aromatic heterocycles. The van der Waals surface area contributed by atoms with Crippen LogP contribution in [0, 0.1) is 0 Å². The Morgan fingerprint density at radius 3 is 1.15 bits per heavy atom. The lowest BCUT2D eigenvalue weighted by Gasteiger charge is -2.33. The van der Waals surface area contributed by atoms with E-state index in [2.05, 4.69) is 39.2 Å². The largest absolute Gasteiger partial charge is 0.460 e. The summed E-state index contributed by atoms with van der Waals surface area (Å²) in [5.74, 6) is -19.5. The number of benzene rings is 3. The predicted molar refractivity (Wildman–Crippen MR) is 131 cm³/mol. The quantitative estimate of drug-likeness (QED) is 0.175. The summed E-state index contributed by atoms with van der Waals surface area (Å²) in [6.07, 6.45) is -6.89. The second-order valence-corrected chi connectivity index (χ2v) is 8.37. The molecule has 5 nitrogen and oxygen atoms in total. The topological polar surface area (TPSA) is 52.7 Å². The van der Waals surface area contributed by atoms with Gasteiger partial charge in [-0.3, -0.25) is 0 Å². The molecule has 0 saturated heterocycles. The van der Waals surface area contributed by atoms with E-state index in [4.69, 9.17) is 0 Å². The van der Waals surface area contributed by atoms with Crippen LogP contribution in [-0.4, -0.2) is 31.1 Å². The number of hydrogen-bond donors (Lipinski definition) is 0. The van der Waals surface area contributed by atoms with E-state index in [0.29, 0.717) is 11.4 Å². The fourth-order valence-electron chi connectivity index (χ4n) is 3.43. The molecule has 0 aliphatic carbocycles. The molecule has 0 radical (unpaired) electrons. The number of alkyl halides is 9. The van der Waals surface area contributed by atoms with Crippen molar-refractivity contribution in [2.45, 2.75) is 37.8 Å². The summed E-state index contributed by atoms with van der Waals surface area (Å²) in [6.45, 7) is 5.85. The van der Waals surface area contributed by atoms with Crippen LogP contribution in [0.5, 0.6) is 0 Å². The summed E-state index contributed by atoms with van der Waals surface area (Å²) in [5, 5.41) is 15.8. The standard InChI is InChI=1S/C26H22F9N5/c1-3-40(4-2)22-15-13-21(14-16-22)39-38-20-11-9-19(10-12-20)37-36-18-7-5-17(6-8-18)23(27,28)24(29,30)25(31,32)26(33,34)35/h5-16H,3-4H2,1-2H3. The van der Waals surface area contributed by atoms with Crippen LogP contribution in [-0.2, 0) is 5.92 Å². The molecule has 0 amide bonds. The van der Waals surface area contributed by atoms with Gasteiger partial charge in [0, 0.05) is 24.3 Å². The zero-order valence-corrected chi connectivity index (χ0v) is 21.0. The van der Waals surface area contributed by atoms with Gasteiger partial charge in [-0.15, -0.1) is 0 Å². The first kappa shape index (κ1) is 30.6. The lowest BCUT2D eigenvalue weighted by atomic mass is 9.96. The summed E-state index contributed by atoms with van der Waals surface area (Å²) in [4.78, 5) is 2.18. The fourth-order valence-corrected chi connectivity index (χ4v) is 3.43. The van der Waals surface area contributed by atoms with Gasteiger partial charge < -0.3 is 4.90 Å². The average Bonchev–Trinajstić information content (AvgIpc) is 2.92. The molecule has 0 spiro atoms. The molecule has 0 fully saturated rings. The van der Waals surface area contributed by atoms with Crippen LogP contribution in [0.4, 0.5) is 68.0 Å². The molecule has 40 heavy (non-hydrogen) atoms. The number of anilines is 1. The van der Waals surface area contributed by atoms with E-state index in [1.54, 1.807) is 12.1 Å². The van der Waals surface area contributed by atoms with E-state index in [-0.39, 0.29) is 23.5 Å². The molecule has 0 aliphatic heterocycles. The van der Waals surface area contributed by atoms with Gasteiger partial charge >= 0.3 is 23.9 Å². The maximum Gasteiger partial charge on any atom is 0.460 e. The summed E-state index contributed by atoms with van der Waals surface area (Å²) in [5.41, 5.74) is 0.555. The molecule has 0 bridgehead atoms. The number of rotatable bonds is 10. The first-order valence-electron chi connectivity index (χ1n) is 11.7. The van der Waals surface area contributed by atoms with Gasteiger partial charge in [-0.05, 0) is 74.5 Å².